The first-order valence-corrected chi connectivity index (χ1v) is 14.9. The number of sulfonamides is 1. The van der Waals surface area contributed by atoms with Crippen LogP contribution in [0.25, 0.3) is 23.0 Å². The number of amides is 1. The first kappa shape index (κ1) is 27.0. The highest BCUT2D eigenvalue weighted by atomic mass is 32.2. The second-order valence-corrected chi connectivity index (χ2v) is 12.9. The lowest BCUT2D eigenvalue weighted by Gasteiger charge is -2.14. The van der Waals surface area contributed by atoms with Crippen molar-refractivity contribution in [1.29, 1.82) is 0 Å². The molecule has 1 fully saturated rings. The van der Waals surface area contributed by atoms with Crippen LogP contribution in [0.15, 0.2) is 101 Å². The maximum atomic E-state index is 13.4. The number of nitrogens with zero attached hydrogens (tertiary/aromatic N) is 4. The lowest BCUT2D eigenvalue weighted by molar-refractivity contribution is -0.122. The standard InChI is InChI=1S/C29H26N4O3S3/c1-31(2)39(35,36)25-15-9-12-22(18-25)27-23(20-33(30-27)24-13-7-4-8-14-24)19-26-28(34)32(29(37)38-26)17-16-21-10-5-3-6-11-21/h3-15,18-20H,16-17H2,1-2H3. The topological polar surface area (TPSA) is 75.5 Å². The van der Waals surface area contributed by atoms with E-state index in [9.17, 15) is 13.2 Å². The van der Waals surface area contributed by atoms with Crippen LogP contribution in [0.1, 0.15) is 11.1 Å². The van der Waals surface area contributed by atoms with Crippen molar-refractivity contribution < 1.29 is 13.2 Å². The third-order valence-corrected chi connectivity index (χ3v) is 9.47. The van der Waals surface area contributed by atoms with Gasteiger partial charge in [0.15, 0.2) is 0 Å². The highest BCUT2D eigenvalue weighted by Crippen LogP contribution is 2.35. The van der Waals surface area contributed by atoms with Gasteiger partial charge in [0.25, 0.3) is 5.91 Å². The molecule has 10 heteroatoms. The first-order valence-electron chi connectivity index (χ1n) is 12.2. The Morgan fingerprint density at radius 3 is 2.36 bits per heavy atom. The Balaban J connectivity index is 1.52. The number of thiocarbonyl (C=S) groups is 1. The SMILES string of the molecule is CN(C)S(=O)(=O)c1cccc(-c2nn(-c3ccccc3)cc2C=C2SC(=S)N(CCc3ccccc3)C2=O)c1. The minimum absolute atomic E-state index is 0.150. The molecule has 0 aliphatic carbocycles. The summed E-state index contributed by atoms with van der Waals surface area (Å²) in [7, 11) is -0.645. The molecule has 0 bridgehead atoms. The van der Waals surface area contributed by atoms with Crippen LogP contribution in [-0.2, 0) is 21.2 Å². The molecule has 7 nitrogen and oxygen atoms in total. The van der Waals surface area contributed by atoms with Gasteiger partial charge < -0.3 is 0 Å². The van der Waals surface area contributed by atoms with E-state index in [0.29, 0.717) is 39.0 Å². The number of hydrogen-bond donors (Lipinski definition) is 0. The summed E-state index contributed by atoms with van der Waals surface area (Å²) in [5.74, 6) is -0.150. The molecule has 39 heavy (non-hydrogen) atoms. The number of thioether (sulfide) groups is 1. The maximum absolute atomic E-state index is 13.4. The molecule has 0 spiro atoms. The third-order valence-electron chi connectivity index (χ3n) is 6.28. The minimum Gasteiger partial charge on any atom is -0.293 e. The van der Waals surface area contributed by atoms with Crippen molar-refractivity contribution in [2.45, 2.75) is 11.3 Å². The summed E-state index contributed by atoms with van der Waals surface area (Å²) >= 11 is 6.81. The lowest BCUT2D eigenvalue weighted by atomic mass is 10.1. The Bertz CT molecular complexity index is 1660. The zero-order chi connectivity index (χ0) is 27.6. The molecule has 4 aromatic rings. The molecule has 1 saturated heterocycles. The zero-order valence-corrected chi connectivity index (χ0v) is 23.8. The fourth-order valence-corrected chi connectivity index (χ4v) is 6.41. The van der Waals surface area contributed by atoms with Crippen molar-refractivity contribution in [2.24, 2.45) is 0 Å². The molecule has 0 N–H and O–H groups in total. The second-order valence-electron chi connectivity index (χ2n) is 9.10. The van der Waals surface area contributed by atoms with Crippen molar-refractivity contribution in [3.05, 3.63) is 107 Å². The molecular formula is C29H26N4O3S3. The van der Waals surface area contributed by atoms with Crippen LogP contribution in [0.2, 0.25) is 0 Å². The maximum Gasteiger partial charge on any atom is 0.266 e. The van der Waals surface area contributed by atoms with Crippen LogP contribution in [0, 0.1) is 0 Å². The van der Waals surface area contributed by atoms with E-state index in [1.807, 2.05) is 72.9 Å². The van der Waals surface area contributed by atoms with E-state index < -0.39 is 10.0 Å². The van der Waals surface area contributed by atoms with Crippen LogP contribution >= 0.6 is 24.0 Å². The molecule has 3 aromatic carbocycles. The quantitative estimate of drug-likeness (QED) is 0.212. The van der Waals surface area contributed by atoms with Gasteiger partial charge in [-0.25, -0.2) is 17.4 Å². The number of aromatic nitrogens is 2. The number of benzene rings is 3. The number of carbonyl (C=O) groups is 1. The van der Waals surface area contributed by atoms with E-state index in [0.717, 1.165) is 11.3 Å². The normalized spacial score (nSPS) is 15.1. The summed E-state index contributed by atoms with van der Waals surface area (Å²) in [4.78, 5) is 15.7. The van der Waals surface area contributed by atoms with Crippen molar-refractivity contribution in [3.8, 4) is 16.9 Å². The predicted molar refractivity (Wildman–Crippen MR) is 160 cm³/mol. The summed E-state index contributed by atoms with van der Waals surface area (Å²) in [6.45, 7) is 0.493. The van der Waals surface area contributed by atoms with Gasteiger partial charge in [-0.05, 0) is 42.3 Å². The Hall–Kier alpha value is -3.57. The second kappa shape index (κ2) is 11.3. The fraction of sp³-hybridized carbons (Fsp3) is 0.138. The van der Waals surface area contributed by atoms with Crippen LogP contribution in [0.5, 0.6) is 0 Å². The van der Waals surface area contributed by atoms with Gasteiger partial charge in [0.2, 0.25) is 10.0 Å². The monoisotopic (exact) mass is 574 g/mol. The predicted octanol–water partition coefficient (Wildman–Crippen LogP) is 5.23. The van der Waals surface area contributed by atoms with Crippen molar-refractivity contribution in [3.63, 3.8) is 0 Å². The van der Waals surface area contributed by atoms with Gasteiger partial charge in [0.1, 0.15) is 10.0 Å². The Morgan fingerprint density at radius 1 is 0.974 bits per heavy atom. The number of hydrogen-bond acceptors (Lipinski definition) is 6. The van der Waals surface area contributed by atoms with Crippen molar-refractivity contribution in [1.82, 2.24) is 19.0 Å². The summed E-state index contributed by atoms with van der Waals surface area (Å²) in [5.41, 5.74) is 3.84. The highest BCUT2D eigenvalue weighted by molar-refractivity contribution is 8.26. The molecule has 0 saturated carbocycles. The largest absolute Gasteiger partial charge is 0.293 e. The Kier molecular flexibility index (Phi) is 7.81. The van der Waals surface area contributed by atoms with Crippen LogP contribution in [0.4, 0.5) is 0 Å². The van der Waals surface area contributed by atoms with Gasteiger partial charge in [-0.15, -0.1) is 0 Å². The van der Waals surface area contributed by atoms with Crippen LogP contribution in [0.3, 0.4) is 0 Å². The van der Waals surface area contributed by atoms with Crippen molar-refractivity contribution >= 4 is 50.3 Å². The van der Waals surface area contributed by atoms with E-state index in [4.69, 9.17) is 17.3 Å². The average Bonchev–Trinajstić information content (AvgIpc) is 3.48. The molecule has 2 heterocycles. The first-order chi connectivity index (χ1) is 18.7. The van der Waals surface area contributed by atoms with Crippen molar-refractivity contribution in [2.75, 3.05) is 20.6 Å². The molecule has 1 aromatic heterocycles. The smallest absolute Gasteiger partial charge is 0.266 e. The van der Waals surface area contributed by atoms with E-state index in [1.54, 1.807) is 33.9 Å². The van der Waals surface area contributed by atoms with Crippen LogP contribution < -0.4 is 0 Å². The summed E-state index contributed by atoms with van der Waals surface area (Å²) in [6.07, 6.45) is 4.33. The van der Waals surface area contributed by atoms with Gasteiger partial charge >= 0.3 is 0 Å². The van der Waals surface area contributed by atoms with E-state index in [1.165, 1.54) is 30.2 Å². The highest BCUT2D eigenvalue weighted by Gasteiger charge is 2.32. The molecule has 198 valence electrons. The molecule has 1 amide bonds. The number of carbonyl (C=O) groups excluding carboxylic acids is 1. The Morgan fingerprint density at radius 2 is 1.67 bits per heavy atom. The number of rotatable bonds is 8. The molecule has 1 aliphatic heterocycles. The van der Waals surface area contributed by atoms with Gasteiger partial charge in [0, 0.05) is 38.0 Å². The summed E-state index contributed by atoms with van der Waals surface area (Å²) in [5, 5.41) is 4.80. The molecular weight excluding hydrogens is 549 g/mol. The van der Waals surface area contributed by atoms with Gasteiger partial charge in [-0.1, -0.05) is 84.6 Å². The van der Waals surface area contributed by atoms with Gasteiger partial charge in [0.05, 0.1) is 15.5 Å². The average molecular weight is 575 g/mol. The third kappa shape index (κ3) is 5.74. The zero-order valence-electron chi connectivity index (χ0n) is 21.4. The molecule has 5 rings (SSSR count). The van der Waals surface area contributed by atoms with E-state index >= 15 is 0 Å². The fourth-order valence-electron chi connectivity index (χ4n) is 4.16. The molecule has 1 aliphatic rings. The number of para-hydroxylation sites is 1. The minimum atomic E-state index is -3.64. The van der Waals surface area contributed by atoms with Gasteiger partial charge in [-0.3, -0.25) is 9.69 Å². The van der Waals surface area contributed by atoms with Gasteiger partial charge in [-0.2, -0.15) is 5.10 Å². The summed E-state index contributed by atoms with van der Waals surface area (Å²) < 4.78 is 29.0. The molecule has 0 unspecified atom stereocenters. The van der Waals surface area contributed by atoms with E-state index in [-0.39, 0.29) is 10.8 Å². The Labute approximate surface area is 237 Å². The van der Waals surface area contributed by atoms with Crippen LogP contribution in [-0.4, -0.2) is 58.3 Å². The molecule has 0 atom stereocenters. The summed E-state index contributed by atoms with van der Waals surface area (Å²) in [6, 6.07) is 26.3. The van der Waals surface area contributed by atoms with E-state index in [2.05, 4.69) is 0 Å². The lowest BCUT2D eigenvalue weighted by Crippen LogP contribution is -2.30. The molecule has 0 radical (unpaired) electrons.